The van der Waals surface area contributed by atoms with Gasteiger partial charge in [0, 0.05) is 24.0 Å². The number of nitrogens with zero attached hydrogens (tertiary/aromatic N) is 2. The molecule has 0 unspecified atom stereocenters. The third kappa shape index (κ3) is 3.00. The predicted molar refractivity (Wildman–Crippen MR) is 85.6 cm³/mol. The lowest BCUT2D eigenvalue weighted by Gasteiger charge is -2.36. The Kier molecular flexibility index (Phi) is 4.45. The molecule has 22 heavy (non-hydrogen) atoms. The molecule has 1 aromatic carbocycles. The number of aromatic nitrogens is 2. The van der Waals surface area contributed by atoms with Crippen molar-refractivity contribution in [3.63, 3.8) is 0 Å². The molecule has 6 heteroatoms. The number of amides is 1. The topological polar surface area (TPSA) is 59.0 Å². The van der Waals surface area contributed by atoms with E-state index in [2.05, 4.69) is 15.7 Å². The van der Waals surface area contributed by atoms with Gasteiger partial charge in [0.25, 0.3) is 0 Å². The van der Waals surface area contributed by atoms with Crippen LogP contribution in [0.25, 0.3) is 0 Å². The van der Waals surface area contributed by atoms with Crippen molar-refractivity contribution in [2.75, 3.05) is 13.1 Å². The highest BCUT2D eigenvalue weighted by Crippen LogP contribution is 2.27. The van der Waals surface area contributed by atoms with Crippen molar-refractivity contribution in [3.8, 4) is 0 Å². The van der Waals surface area contributed by atoms with Crippen LogP contribution in [0.15, 0.2) is 42.7 Å². The Morgan fingerprint density at radius 1 is 1.32 bits per heavy atom. The van der Waals surface area contributed by atoms with Crippen molar-refractivity contribution in [2.24, 2.45) is 0 Å². The summed E-state index contributed by atoms with van der Waals surface area (Å²) in [7, 11) is 0. The molecule has 3 rings (SSSR count). The molecule has 0 spiro atoms. The first-order valence-corrected chi connectivity index (χ1v) is 7.82. The number of carbonyl (C=O) groups is 1. The molecule has 1 saturated heterocycles. The van der Waals surface area contributed by atoms with Crippen molar-refractivity contribution in [2.45, 2.75) is 24.9 Å². The van der Waals surface area contributed by atoms with E-state index in [4.69, 9.17) is 11.6 Å². The maximum absolute atomic E-state index is 12.8. The molecule has 0 aliphatic carbocycles. The molecule has 2 heterocycles. The van der Waals surface area contributed by atoms with Crippen LogP contribution in [0.4, 0.5) is 0 Å². The lowest BCUT2D eigenvalue weighted by atomic mass is 9.87. The first kappa shape index (κ1) is 15.1. The number of hydrogen-bond acceptors (Lipinski definition) is 3. The van der Waals surface area contributed by atoms with Crippen molar-refractivity contribution in [1.29, 1.82) is 0 Å². The van der Waals surface area contributed by atoms with Crippen molar-refractivity contribution >= 4 is 17.5 Å². The van der Waals surface area contributed by atoms with E-state index < -0.39 is 5.54 Å². The normalized spacial score (nSPS) is 17.1. The Morgan fingerprint density at radius 2 is 2.05 bits per heavy atom. The summed E-state index contributed by atoms with van der Waals surface area (Å²) in [4.78, 5) is 12.8. The fraction of sp³-hybridized carbons (Fsp3) is 0.375. The predicted octanol–water partition coefficient (Wildman–Crippen LogP) is 1.93. The highest BCUT2D eigenvalue weighted by atomic mass is 35.5. The summed E-state index contributed by atoms with van der Waals surface area (Å²) in [6, 6.07) is 9.36. The number of nitrogens with one attached hydrogen (secondary N) is 2. The van der Waals surface area contributed by atoms with E-state index in [1.807, 2.05) is 36.5 Å². The molecule has 1 amide bonds. The molecule has 2 aromatic rings. The molecule has 2 N–H and O–H groups in total. The van der Waals surface area contributed by atoms with E-state index in [9.17, 15) is 4.79 Å². The van der Waals surface area contributed by atoms with Gasteiger partial charge in [-0.2, -0.15) is 5.10 Å². The summed E-state index contributed by atoms with van der Waals surface area (Å²) in [6.07, 6.45) is 5.06. The van der Waals surface area contributed by atoms with Gasteiger partial charge in [0.15, 0.2) is 0 Å². The highest BCUT2D eigenvalue weighted by Gasteiger charge is 2.41. The molecule has 0 saturated carbocycles. The van der Waals surface area contributed by atoms with Crippen LogP contribution in [-0.2, 0) is 16.9 Å². The zero-order valence-corrected chi connectivity index (χ0v) is 13.0. The second-order valence-corrected chi connectivity index (χ2v) is 5.98. The number of hydrogen-bond donors (Lipinski definition) is 2. The van der Waals surface area contributed by atoms with Gasteiger partial charge in [-0.15, -0.1) is 0 Å². The third-order valence-electron chi connectivity index (χ3n) is 4.16. The average molecular weight is 319 g/mol. The quantitative estimate of drug-likeness (QED) is 0.905. The fourth-order valence-electron chi connectivity index (χ4n) is 2.87. The van der Waals surface area contributed by atoms with E-state index in [1.165, 1.54) is 0 Å². The summed E-state index contributed by atoms with van der Waals surface area (Å²) in [6.45, 7) is 2.12. The summed E-state index contributed by atoms with van der Waals surface area (Å²) >= 11 is 5.88. The van der Waals surface area contributed by atoms with Crippen molar-refractivity contribution in [3.05, 3.63) is 53.3 Å². The third-order valence-corrected chi connectivity index (χ3v) is 4.41. The second-order valence-electron chi connectivity index (χ2n) is 5.54. The number of halogens is 1. The van der Waals surface area contributed by atoms with E-state index >= 15 is 0 Å². The number of carbonyl (C=O) groups excluding carboxylic acids is 1. The van der Waals surface area contributed by atoms with E-state index in [0.29, 0.717) is 11.6 Å². The SMILES string of the molecule is O=C(NCc1ccc(Cl)cc1)C1(n2cccn2)CCNCC1. The number of rotatable bonds is 4. The van der Waals surface area contributed by atoms with Gasteiger partial charge in [0.05, 0.1) is 0 Å². The molecule has 1 aliphatic heterocycles. The lowest BCUT2D eigenvalue weighted by molar-refractivity contribution is -0.132. The average Bonchev–Trinajstić information content (AvgIpc) is 3.09. The summed E-state index contributed by atoms with van der Waals surface area (Å²) in [5.74, 6) is 0.0210. The van der Waals surface area contributed by atoms with Crippen LogP contribution in [0.2, 0.25) is 5.02 Å². The Morgan fingerprint density at radius 3 is 2.68 bits per heavy atom. The van der Waals surface area contributed by atoms with Crippen molar-refractivity contribution in [1.82, 2.24) is 20.4 Å². The molecule has 116 valence electrons. The maximum atomic E-state index is 12.8. The standard InChI is InChI=1S/C16H19ClN4O/c17-14-4-2-13(3-5-14)12-19-15(22)16(6-9-18-10-7-16)21-11-1-8-20-21/h1-5,8,11,18H,6-7,9-10,12H2,(H,19,22). The van der Waals surface area contributed by atoms with E-state index in [0.717, 1.165) is 31.5 Å². The van der Waals surface area contributed by atoms with Gasteiger partial charge >= 0.3 is 0 Å². The van der Waals surface area contributed by atoms with Gasteiger partial charge in [-0.3, -0.25) is 9.48 Å². The van der Waals surface area contributed by atoms with Crippen LogP contribution in [0.3, 0.4) is 0 Å². The van der Waals surface area contributed by atoms with E-state index in [1.54, 1.807) is 10.9 Å². The first-order valence-electron chi connectivity index (χ1n) is 7.44. The van der Waals surface area contributed by atoms with Gasteiger partial charge < -0.3 is 10.6 Å². The minimum Gasteiger partial charge on any atom is -0.350 e. The Bertz CT molecular complexity index is 618. The number of piperidine rings is 1. The van der Waals surface area contributed by atoms with Gasteiger partial charge in [-0.1, -0.05) is 23.7 Å². The van der Waals surface area contributed by atoms with E-state index in [-0.39, 0.29) is 5.91 Å². The molecule has 0 radical (unpaired) electrons. The smallest absolute Gasteiger partial charge is 0.248 e. The summed E-state index contributed by atoms with van der Waals surface area (Å²) in [5.41, 5.74) is 0.434. The van der Waals surface area contributed by atoms with Crippen LogP contribution < -0.4 is 10.6 Å². The molecule has 0 atom stereocenters. The summed E-state index contributed by atoms with van der Waals surface area (Å²) < 4.78 is 1.80. The molecule has 5 nitrogen and oxygen atoms in total. The van der Waals surface area contributed by atoms with Gasteiger partial charge in [-0.25, -0.2) is 0 Å². The summed E-state index contributed by atoms with van der Waals surface area (Å²) in [5, 5.41) is 11.4. The maximum Gasteiger partial charge on any atom is 0.248 e. The molecule has 1 fully saturated rings. The minimum atomic E-state index is -0.596. The molecular weight excluding hydrogens is 300 g/mol. The second kappa shape index (κ2) is 6.50. The van der Waals surface area contributed by atoms with Crippen LogP contribution in [-0.4, -0.2) is 28.8 Å². The van der Waals surface area contributed by atoms with Crippen LogP contribution >= 0.6 is 11.6 Å². The van der Waals surface area contributed by atoms with Crippen LogP contribution in [0, 0.1) is 0 Å². The zero-order valence-electron chi connectivity index (χ0n) is 12.3. The fourth-order valence-corrected chi connectivity index (χ4v) is 3.00. The minimum absolute atomic E-state index is 0.0210. The molecule has 1 aliphatic rings. The van der Waals surface area contributed by atoms with Gasteiger partial charge in [-0.05, 0) is 49.7 Å². The van der Waals surface area contributed by atoms with Crippen LogP contribution in [0.5, 0.6) is 0 Å². The monoisotopic (exact) mass is 318 g/mol. The largest absolute Gasteiger partial charge is 0.350 e. The van der Waals surface area contributed by atoms with Gasteiger partial charge in [0.1, 0.15) is 5.54 Å². The lowest BCUT2D eigenvalue weighted by Crippen LogP contribution is -2.54. The first-order chi connectivity index (χ1) is 10.7. The van der Waals surface area contributed by atoms with Crippen LogP contribution in [0.1, 0.15) is 18.4 Å². The molecule has 1 aromatic heterocycles. The Balaban J connectivity index is 1.74. The highest BCUT2D eigenvalue weighted by molar-refractivity contribution is 6.30. The number of benzene rings is 1. The Labute approximate surface area is 134 Å². The molecular formula is C16H19ClN4O. The Hall–Kier alpha value is -1.85. The molecule has 0 bridgehead atoms. The van der Waals surface area contributed by atoms with Gasteiger partial charge in [0.2, 0.25) is 5.91 Å². The van der Waals surface area contributed by atoms with Crippen molar-refractivity contribution < 1.29 is 4.79 Å². The zero-order chi connectivity index (χ0) is 15.4.